The van der Waals surface area contributed by atoms with Crippen LogP contribution in [-0.4, -0.2) is 23.0 Å². The molecule has 1 heterocycles. The van der Waals surface area contributed by atoms with Crippen molar-refractivity contribution in [3.05, 3.63) is 0 Å². The van der Waals surface area contributed by atoms with Crippen LogP contribution in [0.4, 0.5) is 0 Å². The Balaban J connectivity index is 1.90. The van der Waals surface area contributed by atoms with Gasteiger partial charge in [-0.1, -0.05) is 44.9 Å². The number of nitrogens with one attached hydrogen (secondary N) is 1. The molecule has 2 rings (SSSR count). The Hall–Kier alpha value is -0.180. The van der Waals surface area contributed by atoms with E-state index in [1.54, 1.807) is 0 Å². The van der Waals surface area contributed by atoms with Gasteiger partial charge in [-0.3, -0.25) is 4.99 Å². The van der Waals surface area contributed by atoms with E-state index in [-0.39, 0.29) is 0 Å². The van der Waals surface area contributed by atoms with Crippen LogP contribution in [0.3, 0.4) is 0 Å². The quantitative estimate of drug-likeness (QED) is 0.826. The third kappa shape index (κ3) is 3.91. The lowest BCUT2D eigenvalue weighted by atomic mass is 9.83. The topological polar surface area (TPSA) is 24.4 Å². The van der Waals surface area contributed by atoms with Crippen LogP contribution >= 0.6 is 11.8 Å². The minimum Gasteiger partial charge on any atom is -0.362 e. The minimum atomic E-state index is 0.567. The van der Waals surface area contributed by atoms with Crippen LogP contribution in [0.15, 0.2) is 4.99 Å². The fourth-order valence-electron chi connectivity index (χ4n) is 3.18. The predicted molar refractivity (Wildman–Crippen MR) is 82.4 cm³/mol. The van der Waals surface area contributed by atoms with E-state index >= 15 is 0 Å². The van der Waals surface area contributed by atoms with Gasteiger partial charge in [0.25, 0.3) is 0 Å². The van der Waals surface area contributed by atoms with E-state index < -0.39 is 0 Å². The van der Waals surface area contributed by atoms with Crippen LogP contribution < -0.4 is 5.32 Å². The number of hydrogen-bond donors (Lipinski definition) is 1. The van der Waals surface area contributed by atoms with Gasteiger partial charge >= 0.3 is 0 Å². The van der Waals surface area contributed by atoms with Crippen molar-refractivity contribution in [1.29, 1.82) is 0 Å². The lowest BCUT2D eigenvalue weighted by Crippen LogP contribution is -2.41. The SMILES string of the molecule is CCC1CCSC(NC(CC)C2CCCCC2)=N1. The number of hydrogen-bond acceptors (Lipinski definition) is 3. The van der Waals surface area contributed by atoms with Gasteiger partial charge in [-0.25, -0.2) is 0 Å². The van der Waals surface area contributed by atoms with Gasteiger partial charge in [0.05, 0.1) is 6.04 Å². The molecule has 1 saturated carbocycles. The molecule has 2 atom stereocenters. The van der Waals surface area contributed by atoms with Crippen LogP contribution in [-0.2, 0) is 0 Å². The van der Waals surface area contributed by atoms with Crippen molar-refractivity contribution in [1.82, 2.24) is 5.32 Å². The molecule has 3 heteroatoms. The summed E-state index contributed by atoms with van der Waals surface area (Å²) >= 11 is 1.93. The van der Waals surface area contributed by atoms with E-state index in [0.717, 1.165) is 5.92 Å². The molecular formula is C15H28N2S. The smallest absolute Gasteiger partial charge is 0.157 e. The Kier molecular flexibility index (Phi) is 5.87. The molecule has 0 bridgehead atoms. The normalized spacial score (nSPS) is 27.7. The first-order chi connectivity index (χ1) is 8.83. The van der Waals surface area contributed by atoms with Gasteiger partial charge in [-0.05, 0) is 38.0 Å². The van der Waals surface area contributed by atoms with E-state index in [4.69, 9.17) is 4.99 Å². The largest absolute Gasteiger partial charge is 0.362 e. The van der Waals surface area contributed by atoms with Crippen LogP contribution in [0.1, 0.15) is 65.2 Å². The molecule has 0 radical (unpaired) electrons. The second kappa shape index (κ2) is 7.42. The first kappa shape index (κ1) is 14.2. The summed E-state index contributed by atoms with van der Waals surface area (Å²) in [6.07, 6.45) is 10.8. The Morgan fingerprint density at radius 2 is 2.00 bits per heavy atom. The molecule has 1 N–H and O–H groups in total. The first-order valence-electron chi connectivity index (χ1n) is 7.80. The summed E-state index contributed by atoms with van der Waals surface area (Å²) in [5.41, 5.74) is 0. The third-order valence-corrected chi connectivity index (χ3v) is 5.37. The first-order valence-corrected chi connectivity index (χ1v) is 8.79. The molecular weight excluding hydrogens is 240 g/mol. The zero-order valence-corrected chi connectivity index (χ0v) is 12.8. The molecule has 2 aliphatic rings. The van der Waals surface area contributed by atoms with E-state index in [9.17, 15) is 0 Å². The maximum atomic E-state index is 4.85. The molecule has 1 aliphatic carbocycles. The average Bonchev–Trinajstić information content (AvgIpc) is 2.46. The van der Waals surface area contributed by atoms with Gasteiger partial charge in [0.15, 0.2) is 5.17 Å². The number of aliphatic imine (C=N–C) groups is 1. The molecule has 0 saturated heterocycles. The van der Waals surface area contributed by atoms with Gasteiger partial charge < -0.3 is 5.32 Å². The van der Waals surface area contributed by atoms with Crippen molar-refractivity contribution >= 4 is 16.9 Å². The van der Waals surface area contributed by atoms with Crippen molar-refractivity contribution in [2.24, 2.45) is 10.9 Å². The summed E-state index contributed by atoms with van der Waals surface area (Å²) in [7, 11) is 0. The summed E-state index contributed by atoms with van der Waals surface area (Å²) in [5, 5.41) is 4.98. The van der Waals surface area contributed by atoms with Crippen LogP contribution in [0.5, 0.6) is 0 Å². The van der Waals surface area contributed by atoms with E-state index in [0.29, 0.717) is 12.1 Å². The maximum Gasteiger partial charge on any atom is 0.157 e. The molecule has 0 amide bonds. The highest BCUT2D eigenvalue weighted by Crippen LogP contribution is 2.28. The Morgan fingerprint density at radius 1 is 1.22 bits per heavy atom. The van der Waals surface area contributed by atoms with Crippen molar-refractivity contribution < 1.29 is 0 Å². The zero-order valence-electron chi connectivity index (χ0n) is 12.0. The third-order valence-electron chi connectivity index (χ3n) is 4.43. The Morgan fingerprint density at radius 3 is 2.67 bits per heavy atom. The molecule has 2 nitrogen and oxygen atoms in total. The minimum absolute atomic E-state index is 0.567. The number of nitrogens with zero attached hydrogens (tertiary/aromatic N) is 1. The number of amidine groups is 1. The molecule has 1 aliphatic heterocycles. The zero-order chi connectivity index (χ0) is 12.8. The lowest BCUT2D eigenvalue weighted by Gasteiger charge is -2.32. The van der Waals surface area contributed by atoms with Gasteiger partial charge in [0.2, 0.25) is 0 Å². The van der Waals surface area contributed by atoms with Crippen molar-refractivity contribution in [2.45, 2.75) is 77.3 Å². The average molecular weight is 268 g/mol. The summed E-state index contributed by atoms with van der Waals surface area (Å²) in [5.74, 6) is 2.12. The molecule has 2 unspecified atom stereocenters. The van der Waals surface area contributed by atoms with Crippen molar-refractivity contribution in [3.8, 4) is 0 Å². The Bertz CT molecular complexity index is 272. The van der Waals surface area contributed by atoms with E-state index in [1.807, 2.05) is 11.8 Å². The van der Waals surface area contributed by atoms with Crippen LogP contribution in [0.25, 0.3) is 0 Å². The highest BCUT2D eigenvalue weighted by molar-refractivity contribution is 8.13. The van der Waals surface area contributed by atoms with Gasteiger partial charge in [-0.15, -0.1) is 0 Å². The Labute approximate surface area is 116 Å². The maximum absolute atomic E-state index is 4.85. The van der Waals surface area contributed by atoms with Crippen molar-refractivity contribution in [3.63, 3.8) is 0 Å². The molecule has 0 aromatic carbocycles. The fraction of sp³-hybridized carbons (Fsp3) is 0.933. The summed E-state index contributed by atoms with van der Waals surface area (Å²) in [6, 6.07) is 1.23. The molecule has 18 heavy (non-hydrogen) atoms. The molecule has 1 fully saturated rings. The molecule has 0 aromatic rings. The summed E-state index contributed by atoms with van der Waals surface area (Å²) in [6.45, 7) is 4.57. The van der Waals surface area contributed by atoms with Crippen LogP contribution in [0.2, 0.25) is 0 Å². The highest BCUT2D eigenvalue weighted by atomic mass is 32.2. The molecule has 0 spiro atoms. The highest BCUT2D eigenvalue weighted by Gasteiger charge is 2.24. The standard InChI is InChI=1S/C15H28N2S/c1-3-13-10-11-18-15(16-13)17-14(4-2)12-8-6-5-7-9-12/h12-14H,3-11H2,1-2H3,(H,16,17). The monoisotopic (exact) mass is 268 g/mol. The number of thioether (sulfide) groups is 1. The fourth-order valence-corrected chi connectivity index (χ4v) is 4.22. The van der Waals surface area contributed by atoms with Gasteiger partial charge in [0.1, 0.15) is 0 Å². The second-order valence-electron chi connectivity index (χ2n) is 5.69. The summed E-state index contributed by atoms with van der Waals surface area (Å²) < 4.78 is 0. The second-order valence-corrected chi connectivity index (χ2v) is 6.77. The van der Waals surface area contributed by atoms with Crippen molar-refractivity contribution in [2.75, 3.05) is 5.75 Å². The summed E-state index contributed by atoms with van der Waals surface area (Å²) in [4.78, 5) is 4.85. The van der Waals surface area contributed by atoms with Crippen LogP contribution in [0, 0.1) is 5.92 Å². The van der Waals surface area contributed by atoms with E-state index in [2.05, 4.69) is 19.2 Å². The van der Waals surface area contributed by atoms with Gasteiger partial charge in [-0.2, -0.15) is 0 Å². The predicted octanol–water partition coefficient (Wildman–Crippen LogP) is 4.21. The van der Waals surface area contributed by atoms with Gasteiger partial charge in [0, 0.05) is 11.8 Å². The molecule has 0 aromatic heterocycles. The lowest BCUT2D eigenvalue weighted by molar-refractivity contribution is 0.284. The number of rotatable bonds is 4. The molecule has 104 valence electrons. The van der Waals surface area contributed by atoms with E-state index in [1.165, 1.54) is 62.3 Å².